The molecule has 0 radical (unpaired) electrons. The van der Waals surface area contributed by atoms with Crippen molar-refractivity contribution >= 4 is 5.69 Å². The van der Waals surface area contributed by atoms with Crippen molar-refractivity contribution in [2.24, 2.45) is 0 Å². The summed E-state index contributed by atoms with van der Waals surface area (Å²) in [6.07, 6.45) is 4.30. The van der Waals surface area contributed by atoms with E-state index >= 15 is 0 Å². The first kappa shape index (κ1) is 15.4. The van der Waals surface area contributed by atoms with Gasteiger partial charge >= 0.3 is 0 Å². The van der Waals surface area contributed by atoms with Crippen LogP contribution in [-0.2, 0) is 6.54 Å². The number of rotatable bonds is 8. The predicted octanol–water partition coefficient (Wildman–Crippen LogP) is 4.26. The molecule has 0 saturated carbocycles. The Hall–Kier alpha value is -1.97. The first-order valence-corrected chi connectivity index (χ1v) is 7.77. The average molecular weight is 287 g/mol. The first-order valence-electron chi connectivity index (χ1n) is 7.77. The van der Waals surface area contributed by atoms with Gasteiger partial charge in [0, 0.05) is 18.0 Å². The van der Waals surface area contributed by atoms with Crippen molar-refractivity contribution < 1.29 is 4.74 Å². The van der Waals surface area contributed by atoms with E-state index in [-0.39, 0.29) is 0 Å². The van der Waals surface area contributed by atoms with Gasteiger partial charge in [0.25, 0.3) is 0 Å². The molecule has 0 aliphatic carbocycles. The second kappa shape index (κ2) is 7.72. The molecule has 0 amide bonds. The lowest BCUT2D eigenvalue weighted by atomic mass is 10.2. The molecule has 114 valence electrons. The van der Waals surface area contributed by atoms with E-state index in [0.717, 1.165) is 36.5 Å². The van der Waals surface area contributed by atoms with Crippen molar-refractivity contribution in [1.82, 2.24) is 9.78 Å². The molecule has 0 aliphatic rings. The highest BCUT2D eigenvalue weighted by Gasteiger charge is 2.07. The van der Waals surface area contributed by atoms with Gasteiger partial charge in [0.1, 0.15) is 5.75 Å². The smallest absolute Gasteiger partial charge is 0.121 e. The summed E-state index contributed by atoms with van der Waals surface area (Å²) in [5, 5.41) is 8.04. The van der Waals surface area contributed by atoms with Crippen LogP contribution < -0.4 is 10.1 Å². The van der Waals surface area contributed by atoms with Gasteiger partial charge in [-0.1, -0.05) is 19.9 Å². The minimum Gasteiger partial charge on any atom is -0.494 e. The van der Waals surface area contributed by atoms with Gasteiger partial charge in [-0.25, -0.2) is 0 Å². The number of ether oxygens (including phenoxy) is 1. The Morgan fingerprint density at radius 1 is 1.19 bits per heavy atom. The van der Waals surface area contributed by atoms with E-state index in [1.54, 1.807) is 0 Å². The monoisotopic (exact) mass is 287 g/mol. The van der Waals surface area contributed by atoms with Crippen LogP contribution in [0.15, 0.2) is 36.5 Å². The molecule has 1 N–H and O–H groups in total. The summed E-state index contributed by atoms with van der Waals surface area (Å²) >= 11 is 0. The van der Waals surface area contributed by atoms with Crippen molar-refractivity contribution in [2.75, 3.05) is 11.9 Å². The number of anilines is 1. The fraction of sp³-hybridized carbons (Fsp3) is 0.471. The first-order chi connectivity index (χ1) is 10.3. The Morgan fingerprint density at radius 2 is 2.00 bits per heavy atom. The standard InChI is InChI=1S/C17H25N3O/c1-4-16(5-2)20-11-10-15(19-20)13-18-14-8-7-9-17(12-14)21-6-3/h7-12,16,18H,4-6,13H2,1-3H3. The molecule has 2 rings (SSSR count). The Kier molecular flexibility index (Phi) is 5.67. The molecule has 4 nitrogen and oxygen atoms in total. The van der Waals surface area contributed by atoms with Crippen LogP contribution in [0, 0.1) is 0 Å². The van der Waals surface area contributed by atoms with Crippen molar-refractivity contribution in [3.8, 4) is 5.75 Å². The molecule has 21 heavy (non-hydrogen) atoms. The van der Waals surface area contributed by atoms with Gasteiger partial charge < -0.3 is 10.1 Å². The van der Waals surface area contributed by atoms with Crippen LogP contribution >= 0.6 is 0 Å². The maximum Gasteiger partial charge on any atom is 0.121 e. The summed E-state index contributed by atoms with van der Waals surface area (Å²) in [5.74, 6) is 0.894. The summed E-state index contributed by atoms with van der Waals surface area (Å²) in [7, 11) is 0. The van der Waals surface area contributed by atoms with Crippen molar-refractivity contribution in [3.63, 3.8) is 0 Å². The van der Waals surface area contributed by atoms with Crippen molar-refractivity contribution in [3.05, 3.63) is 42.2 Å². The molecule has 1 aromatic carbocycles. The van der Waals surface area contributed by atoms with E-state index in [1.165, 1.54) is 0 Å². The molecule has 1 heterocycles. The molecule has 1 aromatic heterocycles. The van der Waals surface area contributed by atoms with Crippen LogP contribution in [0.5, 0.6) is 5.75 Å². The van der Waals surface area contributed by atoms with E-state index < -0.39 is 0 Å². The number of hydrogen-bond donors (Lipinski definition) is 1. The largest absolute Gasteiger partial charge is 0.494 e. The third-order valence-electron chi connectivity index (χ3n) is 3.60. The number of hydrogen-bond acceptors (Lipinski definition) is 3. The zero-order valence-electron chi connectivity index (χ0n) is 13.2. The minimum atomic E-state index is 0.500. The lowest BCUT2D eigenvalue weighted by Crippen LogP contribution is -2.09. The van der Waals surface area contributed by atoms with Gasteiger partial charge in [-0.15, -0.1) is 0 Å². The molecule has 0 fully saturated rings. The molecule has 2 aromatic rings. The highest BCUT2D eigenvalue weighted by atomic mass is 16.5. The minimum absolute atomic E-state index is 0.500. The molecule has 4 heteroatoms. The summed E-state index contributed by atoms with van der Waals surface area (Å²) < 4.78 is 7.58. The molecule has 0 aliphatic heterocycles. The number of nitrogens with one attached hydrogen (secondary N) is 1. The number of benzene rings is 1. The summed E-state index contributed by atoms with van der Waals surface area (Å²) in [5.41, 5.74) is 2.11. The lowest BCUT2D eigenvalue weighted by Gasteiger charge is -2.12. The average Bonchev–Trinajstić information content (AvgIpc) is 2.96. The van der Waals surface area contributed by atoms with E-state index in [4.69, 9.17) is 4.74 Å². The van der Waals surface area contributed by atoms with E-state index in [9.17, 15) is 0 Å². The van der Waals surface area contributed by atoms with E-state index in [0.29, 0.717) is 12.6 Å². The van der Waals surface area contributed by atoms with Crippen LogP contribution in [0.1, 0.15) is 45.3 Å². The highest BCUT2D eigenvalue weighted by molar-refractivity contribution is 5.48. The third kappa shape index (κ3) is 4.25. The maximum absolute atomic E-state index is 5.50. The van der Waals surface area contributed by atoms with Crippen LogP contribution in [-0.4, -0.2) is 16.4 Å². The summed E-state index contributed by atoms with van der Waals surface area (Å²) in [6.45, 7) is 7.80. The maximum atomic E-state index is 5.50. The Balaban J connectivity index is 1.95. The molecule has 0 atom stereocenters. The van der Waals surface area contributed by atoms with E-state index in [2.05, 4.69) is 41.2 Å². The zero-order chi connectivity index (χ0) is 15.1. The number of nitrogens with zero attached hydrogens (tertiary/aromatic N) is 2. The zero-order valence-corrected chi connectivity index (χ0v) is 13.2. The molecule has 0 bridgehead atoms. The molecular formula is C17H25N3O. The van der Waals surface area contributed by atoms with Crippen molar-refractivity contribution in [1.29, 1.82) is 0 Å². The quantitative estimate of drug-likeness (QED) is 0.788. The summed E-state index contributed by atoms with van der Waals surface area (Å²) in [6, 6.07) is 10.6. The van der Waals surface area contributed by atoms with E-state index in [1.807, 2.05) is 31.2 Å². The van der Waals surface area contributed by atoms with Crippen LogP contribution in [0.2, 0.25) is 0 Å². The fourth-order valence-corrected chi connectivity index (χ4v) is 2.39. The summed E-state index contributed by atoms with van der Waals surface area (Å²) in [4.78, 5) is 0. The Labute approximate surface area is 127 Å². The number of aromatic nitrogens is 2. The van der Waals surface area contributed by atoms with Gasteiger partial charge in [0.05, 0.1) is 24.9 Å². The Bertz CT molecular complexity index is 546. The predicted molar refractivity (Wildman–Crippen MR) is 86.8 cm³/mol. The topological polar surface area (TPSA) is 39.1 Å². The molecule has 0 saturated heterocycles. The lowest BCUT2D eigenvalue weighted by molar-refractivity contribution is 0.340. The molecule has 0 spiro atoms. The van der Waals surface area contributed by atoms with Gasteiger partial charge in [-0.2, -0.15) is 5.10 Å². The van der Waals surface area contributed by atoms with Gasteiger partial charge in [-0.05, 0) is 38.0 Å². The van der Waals surface area contributed by atoms with Gasteiger partial charge in [0.2, 0.25) is 0 Å². The highest BCUT2D eigenvalue weighted by Crippen LogP contribution is 2.18. The van der Waals surface area contributed by atoms with Crippen LogP contribution in [0.25, 0.3) is 0 Å². The van der Waals surface area contributed by atoms with Crippen LogP contribution in [0.3, 0.4) is 0 Å². The molecular weight excluding hydrogens is 262 g/mol. The van der Waals surface area contributed by atoms with Crippen LogP contribution in [0.4, 0.5) is 5.69 Å². The second-order valence-corrected chi connectivity index (χ2v) is 5.07. The van der Waals surface area contributed by atoms with Gasteiger partial charge in [0.15, 0.2) is 0 Å². The third-order valence-corrected chi connectivity index (χ3v) is 3.60. The second-order valence-electron chi connectivity index (χ2n) is 5.07. The normalized spacial score (nSPS) is 10.9. The van der Waals surface area contributed by atoms with Crippen molar-refractivity contribution in [2.45, 2.75) is 46.2 Å². The SMILES string of the molecule is CCOc1cccc(NCc2ccn(C(CC)CC)n2)c1. The Morgan fingerprint density at radius 3 is 2.71 bits per heavy atom. The molecule has 0 unspecified atom stereocenters. The van der Waals surface area contributed by atoms with Gasteiger partial charge in [-0.3, -0.25) is 4.68 Å². The fourth-order valence-electron chi connectivity index (χ4n) is 2.39.